The van der Waals surface area contributed by atoms with E-state index in [1.807, 2.05) is 42.5 Å². The molecule has 8 heteroatoms. The molecule has 5 nitrogen and oxygen atoms in total. The van der Waals surface area contributed by atoms with Gasteiger partial charge in [-0.3, -0.25) is 0 Å². The predicted octanol–water partition coefficient (Wildman–Crippen LogP) is 15.5. The van der Waals surface area contributed by atoms with Gasteiger partial charge in [0.05, 0.1) is 52.4 Å². The molecule has 0 N–H and O–H groups in total. The Morgan fingerprint density at radius 2 is 0.781 bits per heavy atom. The summed E-state index contributed by atoms with van der Waals surface area (Å²) in [6.45, 7) is 32.2. The van der Waals surface area contributed by atoms with Gasteiger partial charge in [0.1, 0.15) is 13.1 Å². The molecule has 64 heavy (non-hydrogen) atoms. The van der Waals surface area contributed by atoms with Crippen LogP contribution in [-0.2, 0) is 6.42 Å². The summed E-state index contributed by atoms with van der Waals surface area (Å²) in [5.41, 5.74) is 4.73. The summed E-state index contributed by atoms with van der Waals surface area (Å²) in [7, 11) is -2.40. The quantitative estimate of drug-likeness (QED) is 0.0347. The number of benzene rings is 3. The Labute approximate surface area is 406 Å². The molecule has 0 unspecified atom stereocenters. The molecule has 0 aromatic heterocycles. The lowest BCUT2D eigenvalue weighted by Crippen LogP contribution is -2.50. The van der Waals surface area contributed by atoms with Crippen LogP contribution in [0.5, 0.6) is 5.75 Å². The summed E-state index contributed by atoms with van der Waals surface area (Å²) in [6, 6.07) is 18.6. The first kappa shape index (κ1) is 60.0. The Kier molecular flexibility index (Phi) is 34.7. The smallest absolute Gasteiger partial charge is 0.133 e. The number of rotatable bonds is 33. The van der Waals surface area contributed by atoms with Crippen LogP contribution in [0.15, 0.2) is 60.7 Å². The number of aryl methyl sites for hydroxylation is 1. The molecule has 0 atom stereocenters. The van der Waals surface area contributed by atoms with Gasteiger partial charge in [0.15, 0.2) is 0 Å². The Morgan fingerprint density at radius 1 is 0.406 bits per heavy atom. The van der Waals surface area contributed by atoms with Crippen LogP contribution in [0.25, 0.3) is 22.3 Å². The monoisotopic (exact) mass is 925 g/mol. The van der Waals surface area contributed by atoms with Gasteiger partial charge < -0.3 is 23.7 Å². The van der Waals surface area contributed by atoms with E-state index >= 15 is 0 Å². The second kappa shape index (κ2) is 37.0. The lowest BCUT2D eigenvalue weighted by molar-refractivity contribution is -0.929. The maximum atomic E-state index is 11.1. The predicted molar refractivity (Wildman–Crippen MR) is 280 cm³/mol. The fourth-order valence-corrected chi connectivity index (χ4v) is 9.16. The summed E-state index contributed by atoms with van der Waals surface area (Å²) in [6.07, 6.45) is 27.7. The molecule has 0 amide bonds. The van der Waals surface area contributed by atoms with Crippen LogP contribution in [0, 0.1) is 0 Å². The average Bonchev–Trinajstić information content (AvgIpc) is 3.30. The van der Waals surface area contributed by atoms with Crippen molar-refractivity contribution in [3.05, 3.63) is 76.3 Å². The van der Waals surface area contributed by atoms with Crippen LogP contribution in [0.3, 0.4) is 0 Å². The maximum absolute atomic E-state index is 11.1. The molecule has 0 heterocycles. The highest BCUT2D eigenvalue weighted by Crippen LogP contribution is 2.37. The van der Waals surface area contributed by atoms with Gasteiger partial charge in [-0.15, -0.1) is 0 Å². The molecule has 0 saturated heterocycles. The zero-order valence-electron chi connectivity index (χ0n) is 42.7. The van der Waals surface area contributed by atoms with E-state index in [4.69, 9.17) is 27.9 Å². The first-order valence-electron chi connectivity index (χ1n) is 26.3. The Morgan fingerprint density at radius 3 is 1.16 bits per heavy atom. The van der Waals surface area contributed by atoms with Crippen molar-refractivity contribution in [3.63, 3.8) is 0 Å². The summed E-state index contributed by atoms with van der Waals surface area (Å²) in [5, 5.41) is 23.6. The minimum absolute atomic E-state index is 0.259. The van der Waals surface area contributed by atoms with E-state index in [9.17, 15) is 10.0 Å². The fourth-order valence-electron chi connectivity index (χ4n) is 8.84. The van der Waals surface area contributed by atoms with E-state index in [0.29, 0.717) is 15.6 Å². The van der Waals surface area contributed by atoms with Gasteiger partial charge in [-0.2, -0.15) is 0 Å². The molecule has 0 spiro atoms. The number of halogens is 2. The lowest BCUT2D eigenvalue weighted by atomic mass is 9.93. The molecule has 0 aliphatic heterocycles. The Hall–Kier alpha value is -2.06. The number of nitrogens with zero attached hydrogens (tertiary/aromatic N) is 2. The van der Waals surface area contributed by atoms with Crippen molar-refractivity contribution >= 4 is 30.5 Å². The van der Waals surface area contributed by atoms with Gasteiger partial charge in [0.2, 0.25) is 0 Å². The van der Waals surface area contributed by atoms with E-state index in [1.54, 1.807) is 18.2 Å². The highest BCUT2D eigenvalue weighted by Gasteiger charge is 2.26. The molecule has 364 valence electrons. The second-order valence-electron chi connectivity index (χ2n) is 18.5. The number of quaternary nitrogens is 2. The molecule has 3 rings (SSSR count). The molecule has 0 aliphatic carbocycles. The molecule has 3 aromatic rings. The van der Waals surface area contributed by atoms with E-state index < -0.39 is 7.32 Å². The molecule has 0 aliphatic rings. The number of hydrogen-bond donors (Lipinski definition) is 0. The zero-order chi connectivity index (χ0) is 47.5. The third-order valence-corrected chi connectivity index (χ3v) is 13.4. The second-order valence-corrected chi connectivity index (χ2v) is 19.4. The van der Waals surface area contributed by atoms with Gasteiger partial charge in [0, 0.05) is 15.6 Å². The first-order valence-corrected chi connectivity index (χ1v) is 27.1. The van der Waals surface area contributed by atoms with Crippen LogP contribution >= 0.6 is 23.2 Å². The Bertz CT molecular complexity index is 1460. The summed E-state index contributed by atoms with van der Waals surface area (Å²) in [4.78, 5) is 0. The van der Waals surface area contributed by atoms with Crippen molar-refractivity contribution < 1.29 is 23.7 Å². The molecule has 0 radical (unpaired) electrons. The number of hydrogen-bond acceptors (Lipinski definition) is 3. The van der Waals surface area contributed by atoms with Gasteiger partial charge in [-0.05, 0) is 123 Å². The van der Waals surface area contributed by atoms with Crippen molar-refractivity contribution in [2.45, 2.75) is 197 Å². The molecule has 0 saturated carbocycles. The van der Waals surface area contributed by atoms with Crippen molar-refractivity contribution in [2.75, 3.05) is 52.4 Å². The first-order chi connectivity index (χ1) is 31.0. The molecule has 0 fully saturated rings. The van der Waals surface area contributed by atoms with Gasteiger partial charge >= 0.3 is 0 Å². The van der Waals surface area contributed by atoms with Crippen molar-refractivity contribution in [3.8, 4) is 28.0 Å². The normalized spacial score (nSPS) is 11.5. The van der Waals surface area contributed by atoms with Crippen molar-refractivity contribution in [2.24, 2.45) is 0 Å². The summed E-state index contributed by atoms with van der Waals surface area (Å²) < 4.78 is 7.84. The maximum Gasteiger partial charge on any atom is 0.133 e. The van der Waals surface area contributed by atoms with Crippen LogP contribution in [0.2, 0.25) is 10.0 Å². The SMILES string of the molecule is CCCCCCc1cc(Cl)ccc1-c1ccc(OB([O-])[O-])c(-c2ccc(Cl)cc2)c1.CCCC[N+](CCCC)(CCCC)CCCC.CCCC[N+](CCCC)(CCCC)CCCC. The van der Waals surface area contributed by atoms with E-state index in [2.05, 4.69) is 62.3 Å². The van der Waals surface area contributed by atoms with Crippen molar-refractivity contribution in [1.82, 2.24) is 0 Å². The van der Waals surface area contributed by atoms with Crippen molar-refractivity contribution in [1.29, 1.82) is 0 Å². The minimum Gasteiger partial charge on any atom is -0.860 e. The lowest BCUT2D eigenvalue weighted by Gasteiger charge is -2.39. The highest BCUT2D eigenvalue weighted by atomic mass is 35.5. The molecular weight excluding hydrogens is 830 g/mol. The van der Waals surface area contributed by atoms with Crippen LogP contribution in [0.4, 0.5) is 0 Å². The van der Waals surface area contributed by atoms with Crippen LogP contribution in [0.1, 0.15) is 196 Å². The fraction of sp³-hybridized carbons (Fsp3) is 0.679. The van der Waals surface area contributed by atoms with E-state index in [-0.39, 0.29) is 5.75 Å². The average molecular weight is 926 g/mol. The standard InChI is InChI=1S/C24H23BCl2O3.2C16H36N/c1-2-3-4-5-6-18-15-21(27)12-13-22(18)19-9-14-24(30-25(28)29)23(16-19)17-7-10-20(26)11-8-17;2*1-5-9-13-17(14-10-6-2,15-11-7-3)16-12-8-4/h7-16H,2-6H2,1H3;2*5-16H2,1-4H3/q-2;2*+1. The van der Waals surface area contributed by atoms with Crippen LogP contribution < -0.4 is 14.7 Å². The Balaban J connectivity index is 0.000000519. The summed E-state index contributed by atoms with van der Waals surface area (Å²) in [5.74, 6) is 0.259. The number of unbranched alkanes of at least 4 members (excludes halogenated alkanes) is 11. The third-order valence-electron chi connectivity index (χ3n) is 12.9. The minimum atomic E-state index is -2.40. The highest BCUT2D eigenvalue weighted by molar-refractivity contribution is 6.31. The van der Waals surface area contributed by atoms with Gasteiger partial charge in [-0.1, -0.05) is 180 Å². The molecule has 0 bridgehead atoms. The zero-order valence-corrected chi connectivity index (χ0v) is 44.2. The molecule has 3 aromatic carbocycles. The molecular formula is C56H95BCl2N2O3. The topological polar surface area (TPSA) is 55.3 Å². The summed E-state index contributed by atoms with van der Waals surface area (Å²) >= 11 is 12.3. The van der Waals surface area contributed by atoms with Gasteiger partial charge in [0.25, 0.3) is 0 Å². The largest absolute Gasteiger partial charge is 0.860 e. The van der Waals surface area contributed by atoms with Gasteiger partial charge in [-0.25, -0.2) is 0 Å². The van der Waals surface area contributed by atoms with E-state index in [0.717, 1.165) is 29.5 Å². The van der Waals surface area contributed by atoms with Crippen LogP contribution in [-0.4, -0.2) is 68.6 Å². The third kappa shape index (κ3) is 24.6. The van der Waals surface area contributed by atoms with E-state index in [1.165, 1.54) is 189 Å².